The van der Waals surface area contributed by atoms with Crippen molar-refractivity contribution >= 4 is 44.8 Å². The molecule has 0 fully saturated rings. The van der Waals surface area contributed by atoms with Crippen molar-refractivity contribution in [1.29, 1.82) is 0 Å². The van der Waals surface area contributed by atoms with Gasteiger partial charge in [0.15, 0.2) is 0 Å². The fraction of sp³-hybridized carbons (Fsp3) is 0.286. The molecule has 1 aromatic heterocycles. The Labute approximate surface area is 134 Å². The van der Waals surface area contributed by atoms with E-state index in [9.17, 15) is 9.90 Å². The first-order valence-electron chi connectivity index (χ1n) is 6.07. The van der Waals surface area contributed by atoms with E-state index in [2.05, 4.69) is 20.9 Å². The third-order valence-corrected chi connectivity index (χ3v) is 4.66. The summed E-state index contributed by atoms with van der Waals surface area (Å²) in [4.78, 5) is 16.1. The Balaban J connectivity index is 2.49. The van der Waals surface area contributed by atoms with Gasteiger partial charge in [-0.15, -0.1) is 11.3 Å². The van der Waals surface area contributed by atoms with Gasteiger partial charge in [-0.1, -0.05) is 41.4 Å². The highest BCUT2D eigenvalue weighted by molar-refractivity contribution is 9.10. The first-order valence-corrected chi connectivity index (χ1v) is 8.05. The highest BCUT2D eigenvalue weighted by atomic mass is 79.9. The van der Waals surface area contributed by atoms with Crippen LogP contribution in [0.15, 0.2) is 22.7 Å². The minimum atomic E-state index is -0.922. The molecule has 3 nitrogen and oxygen atoms in total. The van der Waals surface area contributed by atoms with Gasteiger partial charge in [-0.25, -0.2) is 9.78 Å². The smallest absolute Gasteiger partial charge is 0.347 e. The first kappa shape index (κ1) is 15.5. The molecule has 0 bridgehead atoms. The van der Waals surface area contributed by atoms with E-state index in [4.69, 9.17) is 11.6 Å². The number of carboxylic acid groups (broad SMARTS) is 1. The summed E-state index contributed by atoms with van der Waals surface area (Å²) in [6.45, 7) is 4.09. The number of halogens is 2. The van der Waals surface area contributed by atoms with Crippen LogP contribution in [0, 0.1) is 5.92 Å². The molecule has 2 rings (SSSR count). The molecule has 1 aromatic carbocycles. The van der Waals surface area contributed by atoms with Crippen molar-refractivity contribution in [3.05, 3.63) is 38.3 Å². The maximum atomic E-state index is 11.3. The average molecular weight is 375 g/mol. The number of hydrogen-bond acceptors (Lipinski definition) is 3. The first-order chi connectivity index (χ1) is 9.38. The molecule has 20 heavy (non-hydrogen) atoms. The van der Waals surface area contributed by atoms with Gasteiger partial charge in [0.25, 0.3) is 0 Å². The number of carboxylic acids is 1. The van der Waals surface area contributed by atoms with E-state index >= 15 is 0 Å². The summed E-state index contributed by atoms with van der Waals surface area (Å²) in [6, 6.07) is 5.39. The van der Waals surface area contributed by atoms with Crippen molar-refractivity contribution in [3.8, 4) is 10.6 Å². The van der Waals surface area contributed by atoms with Crippen LogP contribution in [0.3, 0.4) is 0 Å². The Kier molecular flexibility index (Phi) is 4.83. The SMILES string of the molecule is CC(C)Cc1nc(-c2ccc(Cl)cc2Br)sc1C(=O)O. The molecule has 0 amide bonds. The van der Waals surface area contributed by atoms with Gasteiger partial charge in [0, 0.05) is 15.1 Å². The Morgan fingerprint density at radius 3 is 2.75 bits per heavy atom. The minimum Gasteiger partial charge on any atom is -0.477 e. The molecular formula is C14H13BrClNO2S. The number of hydrogen-bond donors (Lipinski definition) is 1. The third-order valence-electron chi connectivity index (χ3n) is 2.65. The lowest BCUT2D eigenvalue weighted by molar-refractivity contribution is 0.0700. The largest absolute Gasteiger partial charge is 0.477 e. The molecule has 0 unspecified atom stereocenters. The number of aromatic nitrogens is 1. The predicted molar refractivity (Wildman–Crippen MR) is 85.8 cm³/mol. The molecule has 1 N–H and O–H groups in total. The summed E-state index contributed by atoms with van der Waals surface area (Å²) < 4.78 is 0.812. The van der Waals surface area contributed by atoms with Crippen molar-refractivity contribution in [2.45, 2.75) is 20.3 Å². The topological polar surface area (TPSA) is 50.2 Å². The van der Waals surface area contributed by atoms with E-state index in [0.29, 0.717) is 32.9 Å². The molecule has 0 aliphatic rings. The van der Waals surface area contributed by atoms with Gasteiger partial charge < -0.3 is 5.11 Å². The van der Waals surface area contributed by atoms with E-state index in [1.54, 1.807) is 12.1 Å². The van der Waals surface area contributed by atoms with Crippen LogP contribution < -0.4 is 0 Å². The van der Waals surface area contributed by atoms with Crippen LogP contribution in [0.1, 0.15) is 29.2 Å². The zero-order valence-corrected chi connectivity index (χ0v) is 14.1. The van der Waals surface area contributed by atoms with Crippen LogP contribution in [-0.2, 0) is 6.42 Å². The highest BCUT2D eigenvalue weighted by Crippen LogP contribution is 2.35. The Morgan fingerprint density at radius 2 is 2.20 bits per heavy atom. The van der Waals surface area contributed by atoms with Crippen LogP contribution in [0.2, 0.25) is 5.02 Å². The lowest BCUT2D eigenvalue weighted by Gasteiger charge is -2.02. The number of thiazole rings is 1. The number of rotatable bonds is 4. The van der Waals surface area contributed by atoms with Crippen LogP contribution in [0.4, 0.5) is 0 Å². The molecule has 0 atom stereocenters. The summed E-state index contributed by atoms with van der Waals surface area (Å²) in [5.74, 6) is -0.564. The Hall–Kier alpha value is -0.910. The summed E-state index contributed by atoms with van der Waals surface area (Å²) in [5.41, 5.74) is 1.51. The van der Waals surface area contributed by atoms with Crippen LogP contribution >= 0.6 is 38.9 Å². The summed E-state index contributed by atoms with van der Waals surface area (Å²) in [6.07, 6.45) is 0.656. The molecule has 0 aliphatic heterocycles. The van der Waals surface area contributed by atoms with Crippen molar-refractivity contribution in [2.24, 2.45) is 5.92 Å². The normalized spacial score (nSPS) is 11.1. The van der Waals surface area contributed by atoms with Crippen LogP contribution in [-0.4, -0.2) is 16.1 Å². The van der Waals surface area contributed by atoms with Crippen LogP contribution in [0.25, 0.3) is 10.6 Å². The fourth-order valence-electron chi connectivity index (χ4n) is 1.82. The van der Waals surface area contributed by atoms with E-state index < -0.39 is 5.97 Å². The van der Waals surface area contributed by atoms with E-state index in [1.165, 1.54) is 11.3 Å². The van der Waals surface area contributed by atoms with Gasteiger partial charge in [-0.3, -0.25) is 0 Å². The average Bonchev–Trinajstić information content (AvgIpc) is 2.71. The van der Waals surface area contributed by atoms with Crippen molar-refractivity contribution < 1.29 is 9.90 Å². The molecule has 0 saturated heterocycles. The Morgan fingerprint density at radius 1 is 1.50 bits per heavy atom. The summed E-state index contributed by atoms with van der Waals surface area (Å²) in [5, 5.41) is 10.6. The van der Waals surface area contributed by atoms with E-state index in [-0.39, 0.29) is 0 Å². The standard InChI is InChI=1S/C14H13BrClNO2S/c1-7(2)5-11-12(14(18)19)20-13(17-11)9-4-3-8(16)6-10(9)15/h3-4,6-7H,5H2,1-2H3,(H,18,19). The molecule has 0 aliphatic carbocycles. The predicted octanol–water partition coefficient (Wildman–Crippen LogP) is 5.12. The lowest BCUT2D eigenvalue weighted by atomic mass is 10.1. The summed E-state index contributed by atoms with van der Waals surface area (Å²) >= 11 is 10.6. The molecule has 6 heteroatoms. The molecule has 0 spiro atoms. The maximum Gasteiger partial charge on any atom is 0.347 e. The quantitative estimate of drug-likeness (QED) is 0.807. The van der Waals surface area contributed by atoms with Crippen molar-refractivity contribution in [2.75, 3.05) is 0 Å². The second-order valence-corrected chi connectivity index (χ2v) is 7.11. The fourth-order valence-corrected chi connectivity index (χ4v) is 3.79. The molecule has 2 aromatic rings. The molecular weight excluding hydrogens is 362 g/mol. The van der Waals surface area contributed by atoms with Gasteiger partial charge in [-0.05, 0) is 30.5 Å². The van der Waals surface area contributed by atoms with Gasteiger partial charge in [0.1, 0.15) is 9.88 Å². The van der Waals surface area contributed by atoms with Gasteiger partial charge >= 0.3 is 5.97 Å². The van der Waals surface area contributed by atoms with Gasteiger partial charge in [0.05, 0.1) is 5.69 Å². The van der Waals surface area contributed by atoms with Gasteiger partial charge in [0.2, 0.25) is 0 Å². The second-order valence-electron chi connectivity index (χ2n) is 4.82. The minimum absolute atomic E-state index is 0.315. The lowest BCUT2D eigenvalue weighted by Crippen LogP contribution is -2.02. The number of nitrogens with zero attached hydrogens (tertiary/aromatic N) is 1. The zero-order chi connectivity index (χ0) is 14.9. The zero-order valence-electron chi connectivity index (χ0n) is 11.0. The van der Waals surface area contributed by atoms with Crippen LogP contribution in [0.5, 0.6) is 0 Å². The number of carbonyl (C=O) groups is 1. The summed E-state index contributed by atoms with van der Waals surface area (Å²) in [7, 11) is 0. The van der Waals surface area contributed by atoms with E-state index in [0.717, 1.165) is 10.0 Å². The molecule has 1 heterocycles. The number of benzene rings is 1. The second kappa shape index (κ2) is 6.24. The maximum absolute atomic E-state index is 11.3. The number of aromatic carboxylic acids is 1. The third kappa shape index (κ3) is 3.40. The van der Waals surface area contributed by atoms with E-state index in [1.807, 2.05) is 19.9 Å². The van der Waals surface area contributed by atoms with Crippen molar-refractivity contribution in [1.82, 2.24) is 4.98 Å². The van der Waals surface area contributed by atoms with Gasteiger partial charge in [-0.2, -0.15) is 0 Å². The highest BCUT2D eigenvalue weighted by Gasteiger charge is 2.20. The van der Waals surface area contributed by atoms with Crippen molar-refractivity contribution in [3.63, 3.8) is 0 Å². The molecule has 0 radical (unpaired) electrons. The molecule has 0 saturated carbocycles. The monoisotopic (exact) mass is 373 g/mol. The Bertz CT molecular complexity index is 655. The molecule has 106 valence electrons.